The molecule has 0 aliphatic carbocycles. The normalized spacial score (nSPS) is 15.7. The maximum atomic E-state index is 13.3. The summed E-state index contributed by atoms with van der Waals surface area (Å²) in [6.07, 6.45) is -20.5. The van der Waals surface area contributed by atoms with Gasteiger partial charge in [-0.2, -0.15) is 83.4 Å². The molecular weight excluding hydrogens is 483 g/mol. The highest BCUT2D eigenvalue weighted by Gasteiger charge is 2.88. The van der Waals surface area contributed by atoms with Crippen molar-refractivity contribution >= 4 is 0 Å². The Morgan fingerprint density at radius 2 is 0.690 bits per heavy atom. The van der Waals surface area contributed by atoms with Crippen LogP contribution < -0.4 is 0 Å². The largest absolute Gasteiger partial charge is 0.461 e. The summed E-state index contributed by atoms with van der Waals surface area (Å²) in [6, 6.07) is -25.1. The number of hydrogen-bond donors (Lipinski definition) is 0. The first-order valence-corrected chi connectivity index (χ1v) is 5.76. The number of nitrogens with zero attached hydrogens (tertiary/aromatic N) is 1. The molecule has 0 unspecified atom stereocenters. The first-order chi connectivity index (χ1) is 12.2. The molecule has 1 nitrogen and oxygen atoms in total. The standard InChI is InChI=1S/C9F19N/c10-1(2(11)12)3(13,14)29(8(25,26)4(15,16)6(19,20)21)9(27,28)5(17,18)7(22,23)24. The topological polar surface area (TPSA) is 3.24 Å². The van der Waals surface area contributed by atoms with Crippen molar-refractivity contribution in [2.24, 2.45) is 0 Å². The monoisotopic (exact) mass is 483 g/mol. The average molecular weight is 483 g/mol. The molecule has 29 heavy (non-hydrogen) atoms. The minimum Gasteiger partial charge on any atom is -0.197 e. The fourth-order valence-electron chi connectivity index (χ4n) is 1.36. The molecule has 0 aromatic heterocycles. The van der Waals surface area contributed by atoms with Crippen LogP contribution in [0.3, 0.4) is 0 Å². The lowest BCUT2D eigenvalue weighted by atomic mass is 10.1. The second kappa shape index (κ2) is 6.96. The van der Waals surface area contributed by atoms with Crippen LogP contribution in [0.2, 0.25) is 0 Å². The van der Waals surface area contributed by atoms with Crippen molar-refractivity contribution in [3.8, 4) is 0 Å². The van der Waals surface area contributed by atoms with Crippen LogP contribution >= 0.6 is 0 Å². The second-order valence-corrected chi connectivity index (χ2v) is 4.68. The highest BCUT2D eigenvalue weighted by Crippen LogP contribution is 2.59. The minimum atomic E-state index is -8.56. The molecule has 0 spiro atoms. The van der Waals surface area contributed by atoms with Gasteiger partial charge in [-0.3, -0.25) is 0 Å². The molecule has 0 aliphatic heterocycles. The summed E-state index contributed by atoms with van der Waals surface area (Å²) in [6.45, 7) is 0. The van der Waals surface area contributed by atoms with Gasteiger partial charge >= 0.3 is 48.4 Å². The lowest BCUT2D eigenvalue weighted by Gasteiger charge is -2.45. The van der Waals surface area contributed by atoms with Crippen molar-refractivity contribution in [3.63, 3.8) is 0 Å². The maximum absolute atomic E-state index is 13.3. The fraction of sp³-hybridized carbons (Fsp3) is 0.778. The van der Waals surface area contributed by atoms with Crippen LogP contribution in [-0.4, -0.2) is 47.2 Å². The summed E-state index contributed by atoms with van der Waals surface area (Å²) in [5.41, 5.74) is 0. The summed E-state index contributed by atoms with van der Waals surface area (Å²) in [4.78, 5) is -4.91. The van der Waals surface area contributed by atoms with Gasteiger partial charge in [-0.15, -0.1) is 4.90 Å². The molecule has 0 bridgehead atoms. The third-order valence-corrected chi connectivity index (χ3v) is 2.74. The molecule has 0 rings (SSSR count). The fourth-order valence-corrected chi connectivity index (χ4v) is 1.36. The summed E-state index contributed by atoms with van der Waals surface area (Å²) in [5.74, 6) is -21.7. The van der Waals surface area contributed by atoms with E-state index in [1.807, 2.05) is 0 Å². The zero-order valence-electron chi connectivity index (χ0n) is 12.1. The van der Waals surface area contributed by atoms with Gasteiger partial charge in [0.2, 0.25) is 0 Å². The molecule has 174 valence electrons. The molecule has 0 fully saturated rings. The van der Waals surface area contributed by atoms with Gasteiger partial charge in [0.05, 0.1) is 0 Å². The van der Waals surface area contributed by atoms with Crippen LogP contribution in [0.5, 0.6) is 0 Å². The number of halogens is 19. The SMILES string of the molecule is FC(F)=C(F)C(F)(F)N(C(F)(F)C(F)(F)C(F)(F)F)C(F)(F)C(F)(F)C(F)(F)F. The van der Waals surface area contributed by atoms with E-state index in [-0.39, 0.29) is 0 Å². The zero-order valence-corrected chi connectivity index (χ0v) is 12.1. The van der Waals surface area contributed by atoms with Gasteiger partial charge in [-0.05, 0) is 0 Å². The lowest BCUT2D eigenvalue weighted by Crippen LogP contribution is -2.75. The van der Waals surface area contributed by atoms with Crippen LogP contribution in [0.25, 0.3) is 0 Å². The van der Waals surface area contributed by atoms with Gasteiger partial charge in [-0.1, -0.05) is 0 Å². The van der Waals surface area contributed by atoms with Gasteiger partial charge in [0.15, 0.2) is 0 Å². The molecule has 0 radical (unpaired) electrons. The van der Waals surface area contributed by atoms with Crippen molar-refractivity contribution in [2.45, 2.75) is 42.3 Å². The highest BCUT2D eigenvalue weighted by molar-refractivity contribution is 5.11. The van der Waals surface area contributed by atoms with E-state index in [0.29, 0.717) is 0 Å². The van der Waals surface area contributed by atoms with Gasteiger partial charge < -0.3 is 0 Å². The van der Waals surface area contributed by atoms with E-state index < -0.39 is 59.1 Å². The van der Waals surface area contributed by atoms with Crippen LogP contribution in [0.15, 0.2) is 11.9 Å². The van der Waals surface area contributed by atoms with E-state index in [2.05, 4.69) is 0 Å². The van der Waals surface area contributed by atoms with Crippen LogP contribution in [0.1, 0.15) is 0 Å². The Hall–Kier alpha value is -1.63. The Labute approximate surface area is 144 Å². The summed E-state index contributed by atoms with van der Waals surface area (Å²) >= 11 is 0. The molecule has 0 amide bonds. The summed E-state index contributed by atoms with van der Waals surface area (Å²) in [5, 5.41) is 0. The van der Waals surface area contributed by atoms with Crippen molar-refractivity contribution in [3.05, 3.63) is 11.9 Å². The third kappa shape index (κ3) is 4.03. The number of alkyl halides is 16. The number of hydrogen-bond acceptors (Lipinski definition) is 1. The highest BCUT2D eigenvalue weighted by atomic mass is 19.4. The van der Waals surface area contributed by atoms with E-state index in [9.17, 15) is 83.4 Å². The van der Waals surface area contributed by atoms with E-state index >= 15 is 0 Å². The Morgan fingerprint density at radius 1 is 0.448 bits per heavy atom. The third-order valence-electron chi connectivity index (χ3n) is 2.74. The predicted molar refractivity (Wildman–Crippen MR) is 49.0 cm³/mol. The molecule has 0 heterocycles. The second-order valence-electron chi connectivity index (χ2n) is 4.68. The van der Waals surface area contributed by atoms with Gasteiger partial charge in [0.1, 0.15) is 0 Å². The summed E-state index contributed by atoms with van der Waals surface area (Å²) < 4.78 is 238. The quantitative estimate of drug-likeness (QED) is 0.307. The van der Waals surface area contributed by atoms with Gasteiger partial charge in [0, 0.05) is 0 Å². The first kappa shape index (κ1) is 27.4. The molecule has 0 aliphatic rings. The Morgan fingerprint density at radius 3 is 0.862 bits per heavy atom. The van der Waals surface area contributed by atoms with Crippen molar-refractivity contribution in [1.82, 2.24) is 4.90 Å². The van der Waals surface area contributed by atoms with Gasteiger partial charge in [-0.25, -0.2) is 0 Å². The van der Waals surface area contributed by atoms with Crippen LogP contribution in [0, 0.1) is 0 Å². The molecule has 0 atom stereocenters. The lowest BCUT2D eigenvalue weighted by molar-refractivity contribution is -0.489. The predicted octanol–water partition coefficient (Wildman–Crippen LogP) is 6.54. The van der Waals surface area contributed by atoms with Crippen LogP contribution in [-0.2, 0) is 0 Å². The van der Waals surface area contributed by atoms with E-state index in [1.165, 1.54) is 0 Å². The summed E-state index contributed by atoms with van der Waals surface area (Å²) in [7, 11) is 0. The Bertz CT molecular complexity index is 593. The molecule has 0 N–H and O–H groups in total. The van der Waals surface area contributed by atoms with E-state index in [4.69, 9.17) is 0 Å². The Kier molecular flexibility index (Phi) is 6.57. The van der Waals surface area contributed by atoms with Crippen LogP contribution in [0.4, 0.5) is 83.4 Å². The molecule has 20 heteroatoms. The maximum Gasteiger partial charge on any atom is 0.461 e. The molecule has 0 saturated heterocycles. The van der Waals surface area contributed by atoms with E-state index in [0.717, 1.165) is 0 Å². The number of rotatable bonds is 6. The molecular formula is C9F19N. The van der Waals surface area contributed by atoms with Crippen molar-refractivity contribution < 1.29 is 83.4 Å². The Balaban J connectivity index is 7.32. The van der Waals surface area contributed by atoms with Crippen molar-refractivity contribution in [1.29, 1.82) is 0 Å². The molecule has 0 aromatic carbocycles. The van der Waals surface area contributed by atoms with Gasteiger partial charge in [0.25, 0.3) is 5.83 Å². The van der Waals surface area contributed by atoms with Crippen molar-refractivity contribution in [2.75, 3.05) is 0 Å². The first-order valence-electron chi connectivity index (χ1n) is 5.76. The van der Waals surface area contributed by atoms with E-state index in [1.54, 1.807) is 0 Å². The molecule has 0 aromatic rings. The molecule has 0 saturated carbocycles. The minimum absolute atomic E-state index is 4.71. The smallest absolute Gasteiger partial charge is 0.197 e. The average Bonchev–Trinajstić information content (AvgIpc) is 2.42. The zero-order chi connectivity index (χ0) is 24.2.